The third-order valence-electron chi connectivity index (χ3n) is 7.40. The normalized spacial score (nSPS) is 14.7. The molecule has 3 aromatic carbocycles. The minimum atomic E-state index is -0.615. The van der Waals surface area contributed by atoms with Crippen molar-refractivity contribution in [2.45, 2.75) is 52.3 Å². The van der Waals surface area contributed by atoms with E-state index >= 15 is 0 Å². The Balaban J connectivity index is 1.47. The van der Waals surface area contributed by atoms with Crippen LogP contribution in [0.5, 0.6) is 0 Å². The molecule has 2 N–H and O–H groups in total. The topological polar surface area (TPSA) is 111 Å². The van der Waals surface area contributed by atoms with Crippen LogP contribution >= 0.6 is 0 Å². The summed E-state index contributed by atoms with van der Waals surface area (Å²) in [4.78, 5) is 53.3. The third-order valence-corrected chi connectivity index (χ3v) is 7.40. The minimum Gasteiger partial charge on any atom is -0.376 e. The average molecular weight is 555 g/mol. The quantitative estimate of drug-likeness (QED) is 0.329. The van der Waals surface area contributed by atoms with Crippen molar-refractivity contribution < 1.29 is 14.3 Å². The molecule has 1 aliphatic rings. The second kappa shape index (κ2) is 12.3. The van der Waals surface area contributed by atoms with E-state index in [4.69, 9.17) is 4.74 Å². The molecule has 0 radical (unpaired) electrons. The first-order valence-corrected chi connectivity index (χ1v) is 13.9. The number of aromatic nitrogens is 2. The Morgan fingerprint density at radius 2 is 1.78 bits per heavy atom. The maximum absolute atomic E-state index is 13.7. The summed E-state index contributed by atoms with van der Waals surface area (Å²) in [6.45, 7) is 4.66. The van der Waals surface area contributed by atoms with Crippen molar-refractivity contribution in [3.8, 4) is 0 Å². The molecule has 9 nitrogen and oxygen atoms in total. The molecule has 0 unspecified atom stereocenters. The second-order valence-electron chi connectivity index (χ2n) is 10.5. The maximum Gasteiger partial charge on any atom is 0.332 e. The van der Waals surface area contributed by atoms with Gasteiger partial charge in [0, 0.05) is 24.4 Å². The van der Waals surface area contributed by atoms with E-state index in [1.165, 1.54) is 10.6 Å². The zero-order chi connectivity index (χ0) is 28.9. The molecule has 0 spiro atoms. The van der Waals surface area contributed by atoms with Crippen molar-refractivity contribution in [3.63, 3.8) is 0 Å². The van der Waals surface area contributed by atoms with E-state index in [2.05, 4.69) is 10.6 Å². The number of hydrogen-bond acceptors (Lipinski definition) is 5. The van der Waals surface area contributed by atoms with Crippen LogP contribution in [0.4, 0.5) is 5.69 Å². The number of nitrogens with zero attached hydrogens (tertiary/aromatic N) is 2. The van der Waals surface area contributed by atoms with Crippen LogP contribution in [0.15, 0.2) is 76.3 Å². The summed E-state index contributed by atoms with van der Waals surface area (Å²) in [5.74, 6) is -0.745. The minimum absolute atomic E-state index is 0.105. The van der Waals surface area contributed by atoms with E-state index in [1.54, 1.807) is 12.1 Å². The summed E-state index contributed by atoms with van der Waals surface area (Å²) in [6.07, 6.45) is 2.03. The van der Waals surface area contributed by atoms with Crippen molar-refractivity contribution in [2.24, 2.45) is 0 Å². The first kappa shape index (κ1) is 28.0. The number of anilines is 1. The zero-order valence-corrected chi connectivity index (χ0v) is 23.3. The largest absolute Gasteiger partial charge is 0.376 e. The van der Waals surface area contributed by atoms with Crippen LogP contribution in [0, 0.1) is 13.8 Å². The molecule has 2 amide bonds. The van der Waals surface area contributed by atoms with Gasteiger partial charge >= 0.3 is 5.69 Å². The Morgan fingerprint density at radius 1 is 0.976 bits per heavy atom. The lowest BCUT2D eigenvalue weighted by molar-refractivity contribution is -0.116. The number of ether oxygens (including phenoxy) is 1. The number of carbonyl (C=O) groups excluding carboxylic acids is 2. The molecular formula is C32H34N4O5. The van der Waals surface area contributed by atoms with E-state index < -0.39 is 17.2 Å². The Bertz CT molecular complexity index is 1700. The molecule has 1 fully saturated rings. The van der Waals surface area contributed by atoms with Gasteiger partial charge in [0.1, 0.15) is 6.54 Å². The van der Waals surface area contributed by atoms with Crippen LogP contribution < -0.4 is 21.9 Å². The number of amides is 2. The van der Waals surface area contributed by atoms with Gasteiger partial charge in [-0.2, -0.15) is 0 Å². The summed E-state index contributed by atoms with van der Waals surface area (Å²) in [7, 11) is 0. The molecule has 0 saturated carbocycles. The van der Waals surface area contributed by atoms with E-state index in [9.17, 15) is 19.2 Å². The first-order chi connectivity index (χ1) is 19.8. The fourth-order valence-corrected chi connectivity index (χ4v) is 5.22. The summed E-state index contributed by atoms with van der Waals surface area (Å²) < 4.78 is 8.09. The lowest BCUT2D eigenvalue weighted by Crippen LogP contribution is -2.43. The highest BCUT2D eigenvalue weighted by molar-refractivity contribution is 5.98. The SMILES string of the molecule is Cc1ccc(NC(=O)Cn2c(=O)n(C[C@@H]3CCCO3)c(=O)c3ccc(C(=O)NCCc4ccccc4)cc32)c(C)c1. The van der Waals surface area contributed by atoms with Gasteiger partial charge in [0.05, 0.1) is 23.6 Å². The van der Waals surface area contributed by atoms with Crippen LogP contribution in [0.1, 0.15) is 39.9 Å². The summed E-state index contributed by atoms with van der Waals surface area (Å²) in [6, 6.07) is 20.1. The molecular weight excluding hydrogens is 520 g/mol. The molecule has 212 valence electrons. The van der Waals surface area contributed by atoms with Crippen molar-refractivity contribution in [1.82, 2.24) is 14.5 Å². The number of benzene rings is 3. The molecule has 0 aliphatic carbocycles. The monoisotopic (exact) mass is 554 g/mol. The van der Waals surface area contributed by atoms with Gasteiger partial charge in [0.25, 0.3) is 11.5 Å². The van der Waals surface area contributed by atoms with Crippen LogP contribution in [0.2, 0.25) is 0 Å². The summed E-state index contributed by atoms with van der Waals surface area (Å²) in [5.41, 5.74) is 3.15. The zero-order valence-electron chi connectivity index (χ0n) is 23.3. The van der Waals surface area contributed by atoms with Crippen LogP contribution in [0.25, 0.3) is 10.9 Å². The van der Waals surface area contributed by atoms with Gasteiger partial charge in [0.15, 0.2) is 0 Å². The van der Waals surface area contributed by atoms with Gasteiger partial charge in [-0.15, -0.1) is 0 Å². The van der Waals surface area contributed by atoms with E-state index in [0.29, 0.717) is 30.8 Å². The molecule has 1 atom stereocenters. The van der Waals surface area contributed by atoms with Gasteiger partial charge in [-0.1, -0.05) is 48.0 Å². The first-order valence-electron chi connectivity index (χ1n) is 13.9. The van der Waals surface area contributed by atoms with E-state index in [0.717, 1.165) is 34.1 Å². The smallest absolute Gasteiger partial charge is 0.332 e. The maximum atomic E-state index is 13.7. The Hall–Kier alpha value is -4.50. The molecule has 0 bridgehead atoms. The fourth-order valence-electron chi connectivity index (χ4n) is 5.22. The van der Waals surface area contributed by atoms with Gasteiger partial charge in [-0.25, -0.2) is 4.79 Å². The van der Waals surface area contributed by atoms with Crippen molar-refractivity contribution in [2.75, 3.05) is 18.5 Å². The molecule has 2 heterocycles. The highest BCUT2D eigenvalue weighted by Gasteiger charge is 2.22. The van der Waals surface area contributed by atoms with Crippen molar-refractivity contribution >= 4 is 28.4 Å². The molecule has 9 heteroatoms. The van der Waals surface area contributed by atoms with Crippen LogP contribution in [-0.4, -0.2) is 40.2 Å². The van der Waals surface area contributed by atoms with Crippen LogP contribution in [-0.2, 0) is 29.0 Å². The van der Waals surface area contributed by atoms with Crippen molar-refractivity contribution in [1.29, 1.82) is 0 Å². The second-order valence-corrected chi connectivity index (χ2v) is 10.5. The Morgan fingerprint density at radius 3 is 2.51 bits per heavy atom. The van der Waals surface area contributed by atoms with Gasteiger partial charge < -0.3 is 15.4 Å². The van der Waals surface area contributed by atoms with Gasteiger partial charge in [0.2, 0.25) is 5.91 Å². The summed E-state index contributed by atoms with van der Waals surface area (Å²) >= 11 is 0. The average Bonchev–Trinajstić information content (AvgIpc) is 3.48. The predicted molar refractivity (Wildman–Crippen MR) is 158 cm³/mol. The van der Waals surface area contributed by atoms with E-state index in [1.807, 2.05) is 62.4 Å². The Kier molecular flexibility index (Phi) is 8.45. The standard InChI is InChI=1S/C32H34N4O5/c1-21-10-13-27(22(2)17-21)34-29(37)20-35-28-18-24(30(38)33-15-14-23-7-4-3-5-8-23)11-12-26(28)31(39)36(32(35)40)19-25-9-6-16-41-25/h3-5,7-8,10-13,17-18,25H,6,9,14-16,19-20H2,1-2H3,(H,33,38)(H,34,37)/t25-/m0/s1. The number of aryl methyl sites for hydroxylation is 2. The van der Waals surface area contributed by atoms with Crippen LogP contribution in [0.3, 0.4) is 0 Å². The van der Waals surface area contributed by atoms with E-state index in [-0.39, 0.29) is 36.0 Å². The van der Waals surface area contributed by atoms with Crippen molar-refractivity contribution in [3.05, 3.63) is 110 Å². The number of nitrogens with one attached hydrogen (secondary N) is 2. The predicted octanol–water partition coefficient (Wildman–Crippen LogP) is 3.57. The number of rotatable bonds is 9. The number of carbonyl (C=O) groups is 2. The molecule has 1 aliphatic heterocycles. The lowest BCUT2D eigenvalue weighted by atomic mass is 10.1. The fraction of sp³-hybridized carbons (Fsp3) is 0.312. The Labute approximate surface area is 237 Å². The van der Waals surface area contributed by atoms with Gasteiger partial charge in [-0.05, 0) is 68.5 Å². The summed E-state index contributed by atoms with van der Waals surface area (Å²) in [5, 5.41) is 6.03. The third kappa shape index (κ3) is 6.47. The molecule has 5 rings (SSSR count). The van der Waals surface area contributed by atoms with Gasteiger partial charge in [-0.3, -0.25) is 23.5 Å². The molecule has 1 aromatic heterocycles. The lowest BCUT2D eigenvalue weighted by Gasteiger charge is -2.17. The number of fused-ring (bicyclic) bond motifs is 1. The number of hydrogen-bond donors (Lipinski definition) is 2. The molecule has 1 saturated heterocycles. The highest BCUT2D eigenvalue weighted by Crippen LogP contribution is 2.18. The molecule has 4 aromatic rings. The highest BCUT2D eigenvalue weighted by atomic mass is 16.5. The molecule has 41 heavy (non-hydrogen) atoms.